The van der Waals surface area contributed by atoms with Crippen molar-refractivity contribution >= 4 is 114 Å². The molecule has 0 unspecified atom stereocenters. The molecule has 0 radical (unpaired) electrons. The maximum Gasteiger partial charge on any atom is 0.164 e. The van der Waals surface area contributed by atoms with Crippen molar-refractivity contribution in [1.82, 2.24) is 99.7 Å². The van der Waals surface area contributed by atoms with E-state index in [1.54, 1.807) is 0 Å². The molecule has 16 atom stereocenters. The summed E-state index contributed by atoms with van der Waals surface area (Å²) in [7, 11) is 0. The van der Waals surface area contributed by atoms with Crippen LogP contribution in [0.2, 0.25) is 0 Å². The number of rotatable bonds is 20. The number of imidazole rings is 4. The van der Waals surface area contributed by atoms with Crippen LogP contribution in [-0.4, -0.2) is 223 Å². The monoisotopic (exact) mass is 1830 g/mol. The fourth-order valence-electron chi connectivity index (χ4n) is 20.1. The minimum Gasteiger partial charge on any atom is -0.491 e. The maximum absolute atomic E-state index is 6.73. The van der Waals surface area contributed by atoms with Gasteiger partial charge in [0.2, 0.25) is 0 Å². The number of nitrogens with two attached hydrogens (primary N) is 4. The minimum atomic E-state index is -0.923. The van der Waals surface area contributed by atoms with Crippen LogP contribution in [0.25, 0.3) is 136 Å². The standard InChI is InChI=1S/C96H90N24O16/c1-93(2)129-69-57(125-77(73(69)133-93)89-113-65-81(97)101-37-105-85(65)117-89)33-121-45-17-9-41(10-18-45)61-49-25-27-51(109-49)62(42-11-19-46(20-12-42)122-34-58-70-74(134-94(3,4)130-70)78(126-58)90-114-66-82(98)102-38-106-86(66)118-90)53-29-31-55(111-53)64(44-15-23-48(24-16-44)124-36-60-72-76(136-96(7,8)132-72)80(128-60)92-116-68-84(100)104-40-108-88(68)120-92)56-32-30-54(112-56)63(52-28-26-50(61)110-52)43-13-21-47(22-14-43)123-35-59-71-75(135-95(5,6)131-71)79(127-59)91-115-67-83(99)103-39-107-87(67)119-91/h9-32,37-40,57-60,69-80,109,112H,33-36H2,1-8H3,(H3,97,101,105,113,117)(H3,98,102,106,114,118)(H3,99,103,107,115,119)(H3,100,104,108,116,120)/t57-,58-,59-,60-,69-,70-,71-,72-,73-,74-,75-,76-,77-,78-,79-,80-/m1/s1. The topological polar surface area (TPSA) is 527 Å². The van der Waals surface area contributed by atoms with Gasteiger partial charge < -0.3 is 129 Å². The molecule has 0 saturated carbocycles. The van der Waals surface area contributed by atoms with Gasteiger partial charge in [0.15, 0.2) is 69.0 Å². The third-order valence-electron chi connectivity index (χ3n) is 26.0. The van der Waals surface area contributed by atoms with Gasteiger partial charge in [-0.2, -0.15) is 0 Å². The highest BCUT2D eigenvalue weighted by molar-refractivity contribution is 6.00. The number of fused-ring (bicyclic) bond motifs is 16. The summed E-state index contributed by atoms with van der Waals surface area (Å²) in [6, 6.07) is 40.0. The highest BCUT2D eigenvalue weighted by Crippen LogP contribution is 2.52. The largest absolute Gasteiger partial charge is 0.491 e. The molecule has 136 heavy (non-hydrogen) atoms. The fourth-order valence-corrected chi connectivity index (χ4v) is 20.1. The van der Waals surface area contributed by atoms with Gasteiger partial charge in [-0.05, 0) is 175 Å². The number of H-pyrrole nitrogens is 6. The number of hydrogen-bond acceptors (Lipinski definition) is 34. The van der Waals surface area contributed by atoms with Crippen LogP contribution in [0.15, 0.2) is 147 Å². The Hall–Kier alpha value is -14.4. The first-order chi connectivity index (χ1) is 65.8. The van der Waals surface area contributed by atoms with Crippen molar-refractivity contribution in [2.75, 3.05) is 49.4 Å². The Kier molecular flexibility index (Phi) is 19.4. The number of anilines is 4. The number of aromatic amines is 6. The lowest BCUT2D eigenvalue weighted by molar-refractivity contribution is -0.191. The molecule has 40 heteroatoms. The molecule has 40 nitrogen and oxygen atoms in total. The number of nitrogens with one attached hydrogen (secondary N) is 6. The summed E-state index contributed by atoms with van der Waals surface area (Å²) in [4.78, 5) is 85.4. The number of benzene rings is 4. The summed E-state index contributed by atoms with van der Waals surface area (Å²) in [5, 5.41) is 0. The zero-order valence-corrected chi connectivity index (χ0v) is 74.3. The van der Waals surface area contributed by atoms with Gasteiger partial charge in [0.25, 0.3) is 0 Å². The van der Waals surface area contributed by atoms with E-state index in [1.807, 2.05) is 177 Å². The highest BCUT2D eigenvalue weighted by atomic mass is 16.8. The van der Waals surface area contributed by atoms with Crippen molar-refractivity contribution in [2.45, 2.75) is 176 Å². The van der Waals surface area contributed by atoms with Gasteiger partial charge in [-0.15, -0.1) is 0 Å². The van der Waals surface area contributed by atoms with Gasteiger partial charge in [0, 0.05) is 44.3 Å². The smallest absolute Gasteiger partial charge is 0.164 e. The molecule has 0 amide bonds. The fraction of sp³-hybridized carbons (Fsp3) is 0.333. The third-order valence-corrected chi connectivity index (χ3v) is 26.0. The Labute approximate surface area is 771 Å². The molecular formula is C96H90N24O16. The Morgan fingerprint density at radius 2 is 0.478 bits per heavy atom. The van der Waals surface area contributed by atoms with Gasteiger partial charge in [0.1, 0.15) is 218 Å². The Morgan fingerprint density at radius 3 is 0.691 bits per heavy atom. The molecule has 25 rings (SSSR count). The van der Waals surface area contributed by atoms with Crippen molar-refractivity contribution in [3.05, 3.63) is 193 Å². The van der Waals surface area contributed by atoms with E-state index in [-0.39, 0.29) is 49.7 Å². The molecule has 11 aromatic heterocycles. The predicted octanol–water partition coefficient (Wildman–Crippen LogP) is 12.5. The molecule has 14 N–H and O–H groups in total. The lowest BCUT2D eigenvalue weighted by Crippen LogP contribution is -2.33. The van der Waals surface area contributed by atoms with Crippen molar-refractivity contribution in [3.63, 3.8) is 0 Å². The Balaban J connectivity index is 0.585. The molecule has 8 bridgehead atoms. The summed E-state index contributed by atoms with van der Waals surface area (Å²) in [6.45, 7) is 15.5. The van der Waals surface area contributed by atoms with E-state index in [1.165, 1.54) is 25.3 Å². The van der Waals surface area contributed by atoms with E-state index < -0.39 is 121 Å². The molecule has 15 aromatic rings. The summed E-state index contributed by atoms with van der Waals surface area (Å²) < 4.78 is 106. The molecule has 4 aromatic carbocycles. The molecule has 8 fully saturated rings. The second-order valence-electron chi connectivity index (χ2n) is 36.8. The van der Waals surface area contributed by atoms with Crippen LogP contribution >= 0.6 is 0 Å². The van der Waals surface area contributed by atoms with Gasteiger partial charge in [-0.3, -0.25) is 0 Å². The van der Waals surface area contributed by atoms with Crippen LogP contribution in [-0.2, 0) is 56.8 Å². The number of nitrogen functional groups attached to an aromatic ring is 4. The van der Waals surface area contributed by atoms with Crippen molar-refractivity contribution in [2.24, 2.45) is 0 Å². The summed E-state index contributed by atoms with van der Waals surface area (Å²) in [5.41, 5.74) is 40.6. The first-order valence-corrected chi connectivity index (χ1v) is 44.8. The predicted molar refractivity (Wildman–Crippen MR) is 493 cm³/mol. The average molecular weight is 1840 g/mol. The molecule has 0 spiro atoms. The zero-order chi connectivity index (χ0) is 92.1. The third kappa shape index (κ3) is 14.8. The summed E-state index contributed by atoms with van der Waals surface area (Å²) >= 11 is 0. The van der Waals surface area contributed by atoms with E-state index in [4.69, 9.17) is 129 Å². The molecule has 21 heterocycles. The molecule has 10 aliphatic heterocycles. The maximum atomic E-state index is 6.73. The van der Waals surface area contributed by atoms with Gasteiger partial charge in [-0.1, -0.05) is 48.5 Å². The van der Waals surface area contributed by atoms with Crippen LogP contribution in [0.3, 0.4) is 0 Å². The van der Waals surface area contributed by atoms with Crippen LogP contribution < -0.4 is 41.9 Å². The van der Waals surface area contributed by atoms with Crippen LogP contribution in [0.4, 0.5) is 23.3 Å². The first-order valence-electron chi connectivity index (χ1n) is 44.8. The number of ether oxygens (including phenoxy) is 16. The normalized spacial score (nSPS) is 26.3. The summed E-state index contributed by atoms with van der Waals surface area (Å²) in [5.74, 6) is 1.50. The number of hydrogen-bond donors (Lipinski definition) is 10. The minimum absolute atomic E-state index is 0.109. The van der Waals surface area contributed by atoms with Crippen molar-refractivity contribution in [3.8, 4) is 67.5 Å². The van der Waals surface area contributed by atoms with E-state index >= 15 is 0 Å². The summed E-state index contributed by atoms with van der Waals surface area (Å²) in [6.07, 6.45) is 4.60. The molecule has 0 aliphatic carbocycles. The lowest BCUT2D eigenvalue weighted by atomic mass is 10.0. The van der Waals surface area contributed by atoms with Crippen LogP contribution in [0.1, 0.15) is 126 Å². The Morgan fingerprint density at radius 1 is 0.265 bits per heavy atom. The van der Waals surface area contributed by atoms with Crippen LogP contribution in [0.5, 0.6) is 23.0 Å². The number of nitrogens with zero attached hydrogens (tertiary/aromatic N) is 14. The molecular weight excluding hydrogens is 1750 g/mol. The lowest BCUT2D eigenvalue weighted by Gasteiger charge is -2.23. The first kappa shape index (κ1) is 83.4. The second kappa shape index (κ2) is 31.6. The number of aromatic nitrogens is 20. The van der Waals surface area contributed by atoms with Gasteiger partial charge in [0.05, 0.1) is 22.8 Å². The molecule has 8 saturated heterocycles. The molecule has 690 valence electrons. The highest BCUT2D eigenvalue weighted by Gasteiger charge is 2.61. The SMILES string of the molecule is CC1(C)O[C@@H]2[C@H](O1)[C@@H](COc1ccc(-c3c4nc(c(-c5ccc(OC[C@H]6O[C@@H](c7nc8c(N)ncnc8[nH]7)[C@@H]7OC(C)(C)O[C@@H]76)cc5)c5ccc([nH]5)c(-c5ccc(OC[C@H]6O[C@@H](c7nc8c(N)ncnc8[nH]7)[C@@H]7OC(C)(C)O[C@@H]76)cc5)c5nc(c(-c6ccc(OC[C@H]7O[C@@H](c8nc9c(N)ncnc9[nH]8)[C@@H]8OC(C)(C)O[C@@H]87)cc6)c6ccc3[nH]6)C=C5)C=C4)cc1)O[C@H]2c1nc2c(N)ncnc2[nH]1. The van der Waals surface area contributed by atoms with E-state index in [9.17, 15) is 0 Å². The molecule has 10 aliphatic rings. The van der Waals surface area contributed by atoms with E-state index in [2.05, 4.69) is 94.0 Å². The zero-order valence-electron chi connectivity index (χ0n) is 74.3. The quantitative estimate of drug-likeness (QED) is 0.0339. The van der Waals surface area contributed by atoms with E-state index in [0.29, 0.717) is 114 Å². The van der Waals surface area contributed by atoms with Gasteiger partial charge in [-0.25, -0.2) is 69.8 Å². The Bertz CT molecular complexity index is 6660. The average Bonchev–Trinajstić information content (AvgIpc) is 1.60. The van der Waals surface area contributed by atoms with Crippen molar-refractivity contribution < 1.29 is 75.8 Å². The van der Waals surface area contributed by atoms with Gasteiger partial charge >= 0.3 is 0 Å². The van der Waals surface area contributed by atoms with E-state index in [0.717, 1.165) is 66.6 Å². The second-order valence-corrected chi connectivity index (χ2v) is 36.8. The van der Waals surface area contributed by atoms with Crippen molar-refractivity contribution in [1.29, 1.82) is 0 Å². The van der Waals surface area contributed by atoms with Crippen LogP contribution in [0, 0.1) is 0 Å².